The van der Waals surface area contributed by atoms with Gasteiger partial charge in [0, 0.05) is 17.3 Å². The lowest BCUT2D eigenvalue weighted by Crippen LogP contribution is -2.03. The van der Waals surface area contributed by atoms with E-state index in [1.807, 2.05) is 93.6 Å². The van der Waals surface area contributed by atoms with Crippen molar-refractivity contribution in [3.8, 4) is 11.5 Å². The van der Waals surface area contributed by atoms with Crippen LogP contribution in [0.3, 0.4) is 0 Å². The van der Waals surface area contributed by atoms with Crippen LogP contribution in [0.15, 0.2) is 84.6 Å². The lowest BCUT2D eigenvalue weighted by molar-refractivity contribution is 0.104. The maximum absolute atomic E-state index is 12.4. The fraction of sp³-hybridized carbons (Fsp3) is 0.125. The summed E-state index contributed by atoms with van der Waals surface area (Å²) in [7, 11) is 0. The average molecular weight is 357 g/mol. The van der Waals surface area contributed by atoms with Crippen molar-refractivity contribution in [3.63, 3.8) is 0 Å². The van der Waals surface area contributed by atoms with Crippen LogP contribution in [0.1, 0.15) is 28.4 Å². The van der Waals surface area contributed by atoms with Gasteiger partial charge in [-0.15, -0.1) is 0 Å². The molecule has 136 valence electrons. The first-order valence-electron chi connectivity index (χ1n) is 8.92. The number of carbonyl (C=O) groups excluding carboxylic acids is 1. The second-order valence-corrected chi connectivity index (χ2v) is 6.50. The van der Waals surface area contributed by atoms with Gasteiger partial charge in [0.1, 0.15) is 5.75 Å². The summed E-state index contributed by atoms with van der Waals surface area (Å²) in [6, 6.07) is 23.0. The third-order valence-corrected chi connectivity index (χ3v) is 4.25. The van der Waals surface area contributed by atoms with Crippen LogP contribution in [0.4, 0.5) is 5.69 Å². The second kappa shape index (κ2) is 8.37. The van der Waals surface area contributed by atoms with Crippen molar-refractivity contribution in [2.45, 2.75) is 20.8 Å². The Morgan fingerprint density at radius 1 is 0.852 bits per heavy atom. The fourth-order valence-corrected chi connectivity index (χ4v) is 2.86. The maximum atomic E-state index is 12.4. The molecule has 0 amide bonds. The number of ketones is 1. The highest BCUT2D eigenvalue weighted by atomic mass is 16.5. The van der Waals surface area contributed by atoms with Gasteiger partial charge in [-0.2, -0.15) is 0 Å². The quantitative estimate of drug-likeness (QED) is 0.416. The molecule has 0 saturated heterocycles. The molecule has 0 fully saturated rings. The number of para-hydroxylation sites is 3. The molecule has 3 aromatic rings. The third-order valence-electron chi connectivity index (χ3n) is 4.25. The van der Waals surface area contributed by atoms with E-state index in [-0.39, 0.29) is 5.78 Å². The molecule has 0 spiro atoms. The summed E-state index contributed by atoms with van der Waals surface area (Å²) >= 11 is 0. The lowest BCUT2D eigenvalue weighted by Gasteiger charge is -2.16. The molecule has 0 heterocycles. The number of aryl methyl sites for hydroxylation is 2. The number of hydrogen-bond acceptors (Lipinski definition) is 3. The van der Waals surface area contributed by atoms with Gasteiger partial charge in [0.05, 0.1) is 5.69 Å². The molecule has 0 atom stereocenters. The number of ether oxygens (including phenoxy) is 1. The average Bonchev–Trinajstić information content (AvgIpc) is 2.66. The van der Waals surface area contributed by atoms with Crippen LogP contribution in [-0.2, 0) is 0 Å². The third kappa shape index (κ3) is 4.64. The highest BCUT2D eigenvalue weighted by molar-refractivity contribution is 6.05. The summed E-state index contributed by atoms with van der Waals surface area (Å²) in [5.41, 5.74) is 4.39. The summed E-state index contributed by atoms with van der Waals surface area (Å²) in [5, 5.41) is 3.29. The highest BCUT2D eigenvalue weighted by Crippen LogP contribution is 2.33. The minimum atomic E-state index is -0.0336. The molecule has 3 rings (SSSR count). The van der Waals surface area contributed by atoms with Crippen LogP contribution < -0.4 is 10.1 Å². The largest absolute Gasteiger partial charge is 0.455 e. The molecule has 1 N–H and O–H groups in total. The number of anilines is 1. The summed E-state index contributed by atoms with van der Waals surface area (Å²) in [6.45, 7) is 5.93. The van der Waals surface area contributed by atoms with Crippen LogP contribution in [0.5, 0.6) is 11.5 Å². The Hall–Kier alpha value is -3.33. The first-order valence-corrected chi connectivity index (χ1v) is 8.92. The predicted molar refractivity (Wildman–Crippen MR) is 111 cm³/mol. The van der Waals surface area contributed by atoms with E-state index in [2.05, 4.69) is 5.32 Å². The zero-order valence-electron chi connectivity index (χ0n) is 15.8. The molecule has 3 aromatic carbocycles. The molecule has 0 saturated carbocycles. The van der Waals surface area contributed by atoms with Crippen molar-refractivity contribution in [1.82, 2.24) is 0 Å². The van der Waals surface area contributed by atoms with E-state index in [1.165, 1.54) is 0 Å². The van der Waals surface area contributed by atoms with E-state index in [1.54, 1.807) is 6.08 Å². The van der Waals surface area contributed by atoms with Gasteiger partial charge in [-0.05, 0) is 44.0 Å². The molecule has 0 aromatic heterocycles. The summed E-state index contributed by atoms with van der Waals surface area (Å²) in [6.07, 6.45) is 1.60. The monoisotopic (exact) mass is 357 g/mol. The summed E-state index contributed by atoms with van der Waals surface area (Å²) < 4.78 is 6.19. The van der Waals surface area contributed by atoms with Gasteiger partial charge >= 0.3 is 0 Å². The van der Waals surface area contributed by atoms with E-state index in [0.29, 0.717) is 5.56 Å². The molecule has 0 aliphatic carbocycles. The number of rotatable bonds is 6. The maximum Gasteiger partial charge on any atom is 0.187 e. The Balaban J connectivity index is 1.82. The SMILES string of the molecule is CC(=CC(=O)c1ccccc1)Nc1ccccc1Oc1c(C)cccc1C. The van der Waals surface area contributed by atoms with E-state index in [4.69, 9.17) is 4.74 Å². The zero-order valence-corrected chi connectivity index (χ0v) is 15.8. The van der Waals surface area contributed by atoms with Crippen molar-refractivity contribution < 1.29 is 9.53 Å². The number of carbonyl (C=O) groups is 1. The van der Waals surface area contributed by atoms with E-state index < -0.39 is 0 Å². The van der Waals surface area contributed by atoms with Crippen molar-refractivity contribution in [3.05, 3.63) is 101 Å². The molecule has 3 nitrogen and oxygen atoms in total. The van der Waals surface area contributed by atoms with Gasteiger partial charge in [-0.1, -0.05) is 60.7 Å². The zero-order chi connectivity index (χ0) is 19.2. The first-order chi connectivity index (χ1) is 13.0. The molecule has 3 heteroatoms. The van der Waals surface area contributed by atoms with Gasteiger partial charge in [0.15, 0.2) is 11.5 Å². The van der Waals surface area contributed by atoms with Gasteiger partial charge in [0.25, 0.3) is 0 Å². The molecule has 0 radical (unpaired) electrons. The fourth-order valence-electron chi connectivity index (χ4n) is 2.86. The molecule has 0 unspecified atom stereocenters. The van der Waals surface area contributed by atoms with Crippen LogP contribution in [-0.4, -0.2) is 5.78 Å². The Bertz CT molecular complexity index is 954. The van der Waals surface area contributed by atoms with E-state index in [9.17, 15) is 4.79 Å². The van der Waals surface area contributed by atoms with Gasteiger partial charge in [0.2, 0.25) is 0 Å². The summed E-state index contributed by atoms with van der Waals surface area (Å²) in [4.78, 5) is 12.4. The lowest BCUT2D eigenvalue weighted by atomic mass is 10.1. The standard InChI is InChI=1S/C24H23NO2/c1-17-10-9-11-18(2)24(17)27-23-15-8-7-14-21(23)25-19(3)16-22(26)20-12-5-4-6-13-20/h4-16,25H,1-3H3. The van der Waals surface area contributed by atoms with Crippen LogP contribution in [0.2, 0.25) is 0 Å². The van der Waals surface area contributed by atoms with Crippen LogP contribution in [0, 0.1) is 13.8 Å². The van der Waals surface area contributed by atoms with Crippen molar-refractivity contribution in [2.75, 3.05) is 5.32 Å². The summed E-state index contributed by atoms with van der Waals surface area (Å²) in [5.74, 6) is 1.54. The Labute approximate surface area is 160 Å². The molecule has 0 bridgehead atoms. The Morgan fingerprint density at radius 3 is 2.19 bits per heavy atom. The topological polar surface area (TPSA) is 38.3 Å². The van der Waals surface area contributed by atoms with Crippen molar-refractivity contribution in [2.24, 2.45) is 0 Å². The second-order valence-electron chi connectivity index (χ2n) is 6.50. The number of allylic oxidation sites excluding steroid dienone is 2. The van der Waals surface area contributed by atoms with Gasteiger partial charge < -0.3 is 10.1 Å². The van der Waals surface area contributed by atoms with E-state index in [0.717, 1.165) is 34.0 Å². The minimum Gasteiger partial charge on any atom is -0.455 e. The number of benzene rings is 3. The smallest absolute Gasteiger partial charge is 0.187 e. The number of hydrogen-bond donors (Lipinski definition) is 1. The molecular formula is C24H23NO2. The van der Waals surface area contributed by atoms with Gasteiger partial charge in [-0.25, -0.2) is 0 Å². The van der Waals surface area contributed by atoms with Crippen LogP contribution in [0.25, 0.3) is 0 Å². The number of nitrogens with one attached hydrogen (secondary N) is 1. The Morgan fingerprint density at radius 2 is 1.48 bits per heavy atom. The van der Waals surface area contributed by atoms with Crippen molar-refractivity contribution in [1.29, 1.82) is 0 Å². The Kier molecular flexibility index (Phi) is 5.72. The van der Waals surface area contributed by atoms with E-state index >= 15 is 0 Å². The van der Waals surface area contributed by atoms with Gasteiger partial charge in [-0.3, -0.25) is 4.79 Å². The molecule has 0 aliphatic heterocycles. The van der Waals surface area contributed by atoms with Crippen LogP contribution >= 0.6 is 0 Å². The predicted octanol–water partition coefficient (Wildman–Crippen LogP) is 6.29. The van der Waals surface area contributed by atoms with Crippen molar-refractivity contribution >= 4 is 11.5 Å². The minimum absolute atomic E-state index is 0.0336. The molecule has 0 aliphatic rings. The molecular weight excluding hydrogens is 334 g/mol. The normalized spacial score (nSPS) is 11.1. The molecule has 27 heavy (non-hydrogen) atoms. The highest BCUT2D eigenvalue weighted by Gasteiger charge is 2.09. The first kappa shape index (κ1) is 18.5.